The molecule has 5 heteroatoms. The topological polar surface area (TPSA) is 75.6 Å². The molecule has 0 saturated heterocycles. The minimum Gasteiger partial charge on any atom is -0.481 e. The molecule has 1 fully saturated rings. The van der Waals surface area contributed by atoms with Crippen molar-refractivity contribution in [3.63, 3.8) is 0 Å². The highest BCUT2D eigenvalue weighted by molar-refractivity contribution is 5.79. The van der Waals surface area contributed by atoms with E-state index in [0.717, 1.165) is 17.5 Å². The van der Waals surface area contributed by atoms with E-state index < -0.39 is 17.6 Å². The van der Waals surface area contributed by atoms with Crippen molar-refractivity contribution in [2.45, 2.75) is 37.1 Å². The van der Waals surface area contributed by atoms with Crippen LogP contribution in [0, 0.1) is 0 Å². The van der Waals surface area contributed by atoms with E-state index in [-0.39, 0.29) is 18.9 Å². The van der Waals surface area contributed by atoms with Crippen LogP contribution in [0.15, 0.2) is 48.5 Å². The van der Waals surface area contributed by atoms with Crippen LogP contribution in [0.25, 0.3) is 11.1 Å². The van der Waals surface area contributed by atoms with Crippen LogP contribution in [0.5, 0.6) is 0 Å². The molecule has 0 radical (unpaired) electrons. The molecule has 0 aliphatic heterocycles. The zero-order valence-corrected chi connectivity index (χ0v) is 14.4. The van der Waals surface area contributed by atoms with Crippen molar-refractivity contribution in [3.05, 3.63) is 59.7 Å². The lowest BCUT2D eigenvalue weighted by Crippen LogP contribution is -2.54. The van der Waals surface area contributed by atoms with Gasteiger partial charge in [0.15, 0.2) is 0 Å². The van der Waals surface area contributed by atoms with Crippen LogP contribution >= 0.6 is 0 Å². The Bertz CT molecular complexity index is 811. The fraction of sp³-hybridized carbons (Fsp3) is 0.333. The molecular formula is C21H21NO4. The lowest BCUT2D eigenvalue weighted by Gasteiger charge is -2.40. The summed E-state index contributed by atoms with van der Waals surface area (Å²) in [6, 6.07) is 16.3. The van der Waals surface area contributed by atoms with Gasteiger partial charge < -0.3 is 15.2 Å². The first kappa shape index (κ1) is 16.6. The SMILES string of the molecule is O=C(O)CC1(NC(=O)OCC2c3ccccc3-c3ccccc32)CCC1. The molecule has 0 bridgehead atoms. The number of hydrogen-bond donors (Lipinski definition) is 2. The van der Waals surface area contributed by atoms with Gasteiger partial charge in [0.1, 0.15) is 6.61 Å². The minimum absolute atomic E-state index is 0.00460. The van der Waals surface area contributed by atoms with Crippen molar-refractivity contribution < 1.29 is 19.4 Å². The van der Waals surface area contributed by atoms with Gasteiger partial charge in [0.05, 0.1) is 12.0 Å². The lowest BCUT2D eigenvalue weighted by molar-refractivity contribution is -0.139. The number of nitrogens with one attached hydrogen (secondary N) is 1. The van der Waals surface area contributed by atoms with Crippen molar-refractivity contribution in [1.29, 1.82) is 0 Å². The van der Waals surface area contributed by atoms with Gasteiger partial charge in [-0.1, -0.05) is 48.5 Å². The van der Waals surface area contributed by atoms with E-state index in [1.165, 1.54) is 11.1 Å². The highest BCUT2D eigenvalue weighted by atomic mass is 16.5. The quantitative estimate of drug-likeness (QED) is 0.856. The highest BCUT2D eigenvalue weighted by Gasteiger charge is 2.41. The van der Waals surface area contributed by atoms with Gasteiger partial charge in [-0.25, -0.2) is 4.79 Å². The van der Waals surface area contributed by atoms with Gasteiger partial charge in [0, 0.05) is 5.92 Å². The Kier molecular flexibility index (Phi) is 4.15. The summed E-state index contributed by atoms with van der Waals surface area (Å²) in [6.45, 7) is 0.239. The molecule has 2 N–H and O–H groups in total. The number of carboxylic acids is 1. The van der Waals surface area contributed by atoms with E-state index in [2.05, 4.69) is 29.6 Å². The Morgan fingerprint density at radius 1 is 1.04 bits per heavy atom. The first-order chi connectivity index (χ1) is 12.6. The van der Waals surface area contributed by atoms with Crippen molar-refractivity contribution in [2.24, 2.45) is 0 Å². The number of rotatable bonds is 5. The molecule has 0 spiro atoms. The number of fused-ring (bicyclic) bond motifs is 3. The van der Waals surface area contributed by atoms with Crippen molar-refractivity contribution >= 4 is 12.1 Å². The molecule has 0 heterocycles. The number of alkyl carbamates (subject to hydrolysis) is 1. The summed E-state index contributed by atoms with van der Waals surface area (Å²) in [5, 5.41) is 11.8. The Hall–Kier alpha value is -2.82. The molecule has 2 aromatic rings. The van der Waals surface area contributed by atoms with Crippen LogP contribution in [0.2, 0.25) is 0 Å². The maximum atomic E-state index is 12.3. The Morgan fingerprint density at radius 3 is 2.12 bits per heavy atom. The largest absolute Gasteiger partial charge is 0.481 e. The number of ether oxygens (including phenoxy) is 1. The highest BCUT2D eigenvalue weighted by Crippen LogP contribution is 2.44. The lowest BCUT2D eigenvalue weighted by atomic mass is 9.74. The van der Waals surface area contributed by atoms with Gasteiger partial charge in [-0.05, 0) is 41.5 Å². The fourth-order valence-electron chi connectivity index (χ4n) is 4.09. The number of carboxylic acid groups (broad SMARTS) is 1. The maximum Gasteiger partial charge on any atom is 0.407 e. The maximum absolute atomic E-state index is 12.3. The molecule has 2 aromatic carbocycles. The Balaban J connectivity index is 1.46. The van der Waals surface area contributed by atoms with Gasteiger partial charge in [0.25, 0.3) is 0 Å². The standard InChI is InChI=1S/C21H21NO4/c23-19(24)12-21(10-5-11-21)22-20(25)26-13-18-16-8-3-1-6-14(16)15-7-2-4-9-17(15)18/h1-4,6-9,18H,5,10-13H2,(H,22,25)(H,23,24). The predicted octanol–water partition coefficient (Wildman–Crippen LogP) is 3.92. The van der Waals surface area contributed by atoms with E-state index in [1.54, 1.807) is 0 Å². The van der Waals surface area contributed by atoms with Crippen LogP contribution in [0.1, 0.15) is 42.7 Å². The number of amides is 1. The number of carbonyl (C=O) groups excluding carboxylic acids is 1. The van der Waals surface area contributed by atoms with E-state index >= 15 is 0 Å². The average Bonchev–Trinajstić information content (AvgIpc) is 2.92. The Morgan fingerprint density at radius 2 is 1.62 bits per heavy atom. The second kappa shape index (κ2) is 6.48. The molecule has 0 unspecified atom stereocenters. The predicted molar refractivity (Wildman–Crippen MR) is 97.0 cm³/mol. The molecule has 0 atom stereocenters. The van der Waals surface area contributed by atoms with Crippen molar-refractivity contribution in [1.82, 2.24) is 5.32 Å². The summed E-state index contributed by atoms with van der Waals surface area (Å²) in [7, 11) is 0. The zero-order valence-electron chi connectivity index (χ0n) is 14.4. The van der Waals surface area contributed by atoms with Gasteiger partial charge in [-0.2, -0.15) is 0 Å². The summed E-state index contributed by atoms with van der Waals surface area (Å²) in [4.78, 5) is 23.3. The van der Waals surface area contributed by atoms with Crippen LogP contribution < -0.4 is 5.32 Å². The third-order valence-electron chi connectivity index (χ3n) is 5.51. The number of hydrogen-bond acceptors (Lipinski definition) is 3. The summed E-state index contributed by atoms with van der Waals surface area (Å²) in [5.74, 6) is -0.895. The third kappa shape index (κ3) is 2.94. The minimum atomic E-state index is -0.899. The summed E-state index contributed by atoms with van der Waals surface area (Å²) in [6.07, 6.45) is 1.70. The second-order valence-corrected chi connectivity index (χ2v) is 7.15. The fourth-order valence-corrected chi connectivity index (χ4v) is 4.09. The summed E-state index contributed by atoms with van der Waals surface area (Å²) >= 11 is 0. The normalized spacial score (nSPS) is 16.9. The monoisotopic (exact) mass is 351 g/mol. The van der Waals surface area contributed by atoms with Crippen LogP contribution in [0.3, 0.4) is 0 Å². The van der Waals surface area contributed by atoms with E-state index in [4.69, 9.17) is 9.84 Å². The number of carbonyl (C=O) groups is 2. The van der Waals surface area contributed by atoms with E-state index in [0.29, 0.717) is 12.8 Å². The molecule has 0 aromatic heterocycles. The van der Waals surface area contributed by atoms with Crippen LogP contribution in [-0.4, -0.2) is 29.3 Å². The number of benzene rings is 2. The zero-order chi connectivity index (χ0) is 18.1. The van der Waals surface area contributed by atoms with Crippen molar-refractivity contribution in [3.8, 4) is 11.1 Å². The average molecular weight is 351 g/mol. The van der Waals surface area contributed by atoms with Gasteiger partial charge in [-0.15, -0.1) is 0 Å². The summed E-state index contributed by atoms with van der Waals surface area (Å²) in [5.41, 5.74) is 4.03. The molecule has 4 rings (SSSR count). The molecule has 5 nitrogen and oxygen atoms in total. The first-order valence-electron chi connectivity index (χ1n) is 8.93. The molecular weight excluding hydrogens is 330 g/mol. The summed E-state index contributed by atoms with van der Waals surface area (Å²) < 4.78 is 5.51. The van der Waals surface area contributed by atoms with Gasteiger partial charge in [0.2, 0.25) is 0 Å². The smallest absolute Gasteiger partial charge is 0.407 e. The molecule has 2 aliphatic rings. The second-order valence-electron chi connectivity index (χ2n) is 7.15. The van der Waals surface area contributed by atoms with E-state index in [9.17, 15) is 9.59 Å². The third-order valence-corrected chi connectivity index (χ3v) is 5.51. The number of aliphatic carboxylic acids is 1. The molecule has 134 valence electrons. The van der Waals surface area contributed by atoms with Gasteiger partial charge >= 0.3 is 12.1 Å². The van der Waals surface area contributed by atoms with Crippen LogP contribution in [0.4, 0.5) is 4.79 Å². The molecule has 1 saturated carbocycles. The molecule has 1 amide bonds. The molecule has 2 aliphatic carbocycles. The Labute approximate surface area is 152 Å². The molecule has 26 heavy (non-hydrogen) atoms. The van der Waals surface area contributed by atoms with Gasteiger partial charge in [-0.3, -0.25) is 4.79 Å². The van der Waals surface area contributed by atoms with Crippen LogP contribution in [-0.2, 0) is 9.53 Å². The first-order valence-corrected chi connectivity index (χ1v) is 8.93. The van der Waals surface area contributed by atoms with Crippen molar-refractivity contribution in [2.75, 3.05) is 6.61 Å². The van der Waals surface area contributed by atoms with E-state index in [1.807, 2.05) is 24.3 Å².